The Morgan fingerprint density at radius 3 is 2.02 bits per heavy atom. The van der Waals surface area contributed by atoms with Crippen LogP contribution < -0.4 is 40.6 Å². The van der Waals surface area contributed by atoms with E-state index in [1.54, 1.807) is 67.8 Å². The van der Waals surface area contributed by atoms with E-state index in [0.29, 0.717) is 29.2 Å². The van der Waals surface area contributed by atoms with Crippen LogP contribution in [0.3, 0.4) is 0 Å². The number of aliphatic hydroxyl groups excluding tert-OH is 1. The van der Waals surface area contributed by atoms with E-state index in [-0.39, 0.29) is 17.1 Å². The van der Waals surface area contributed by atoms with Crippen molar-refractivity contribution >= 4 is 5.97 Å². The zero-order valence-electron chi connectivity index (χ0n) is 30.4. The van der Waals surface area contributed by atoms with Crippen molar-refractivity contribution < 1.29 is 39.1 Å². The number of carboxylic acids is 1. The van der Waals surface area contributed by atoms with Gasteiger partial charge in [-0.2, -0.15) is 0 Å². The summed E-state index contributed by atoms with van der Waals surface area (Å²) < 4.78 is 24.2. The Kier molecular flexibility index (Phi) is 14.2. The van der Waals surface area contributed by atoms with Crippen molar-refractivity contribution in [3.63, 3.8) is 0 Å². The average molecular weight is 721 g/mol. The highest BCUT2D eigenvalue weighted by Gasteiger charge is 2.78. The summed E-state index contributed by atoms with van der Waals surface area (Å²) in [6.45, 7) is 7.10. The Hall–Kier alpha value is -3.91. The summed E-state index contributed by atoms with van der Waals surface area (Å²) in [6.07, 6.45) is 4.43. The van der Waals surface area contributed by atoms with Crippen LogP contribution in [-0.4, -0.2) is 94.0 Å². The number of aliphatic carboxylic acids is 1. The number of methoxy groups -OCH3 is 2. The number of hydrogen-bond donors (Lipinski definition) is 7. The summed E-state index contributed by atoms with van der Waals surface area (Å²) in [5.74, 6) is -2.09. The number of unbranched alkanes of at least 4 members (excludes halogenated alkanes) is 2. The van der Waals surface area contributed by atoms with Gasteiger partial charge in [0.2, 0.25) is 0 Å². The lowest BCUT2D eigenvalue weighted by molar-refractivity contribution is -0.159. The minimum Gasteiger partial charge on any atom is -0.497 e. The summed E-state index contributed by atoms with van der Waals surface area (Å²) in [4.78, 5) is 12.9. The number of nitrogens with two attached hydrogens (primary N) is 1. The van der Waals surface area contributed by atoms with Gasteiger partial charge in [-0.1, -0.05) is 42.5 Å². The summed E-state index contributed by atoms with van der Waals surface area (Å²) in [5.41, 5.74) is 2.84. The number of hydrogen-bond acceptors (Lipinski definition) is 11. The highest BCUT2D eigenvalue weighted by molar-refractivity contribution is 5.77. The van der Waals surface area contributed by atoms with Crippen LogP contribution in [0, 0.1) is 5.92 Å². The molecule has 5 atom stereocenters. The molecule has 5 rings (SSSR count). The monoisotopic (exact) mass is 720 g/mol. The normalized spacial score (nSPS) is 23.1. The molecule has 1 saturated carbocycles. The second kappa shape index (κ2) is 18.7. The fourth-order valence-electron chi connectivity index (χ4n) is 7.73. The van der Waals surface area contributed by atoms with Crippen molar-refractivity contribution in [2.24, 2.45) is 11.7 Å². The number of carboxylic acid groups (broad SMARTS) is 1. The second-order valence-electron chi connectivity index (χ2n) is 13.5. The molecule has 3 aromatic rings. The number of benzene rings is 3. The topological polar surface area (TPSA) is 177 Å². The first-order chi connectivity index (χ1) is 25.3. The fourth-order valence-corrected chi connectivity index (χ4v) is 7.73. The lowest BCUT2D eigenvalue weighted by atomic mass is 9.70. The predicted octanol–water partition coefficient (Wildman–Crippen LogP) is 3.49. The van der Waals surface area contributed by atoms with Gasteiger partial charge in [0.15, 0.2) is 11.2 Å². The molecule has 284 valence electrons. The third kappa shape index (κ3) is 8.17. The Labute approximate surface area is 307 Å². The molecule has 1 aliphatic heterocycles. The van der Waals surface area contributed by atoms with Gasteiger partial charge in [0.25, 0.3) is 0 Å². The summed E-state index contributed by atoms with van der Waals surface area (Å²) in [7, 11) is 3.01. The summed E-state index contributed by atoms with van der Waals surface area (Å²) in [6, 6.07) is 19.3. The Morgan fingerprint density at radius 1 is 0.808 bits per heavy atom. The van der Waals surface area contributed by atoms with Crippen LogP contribution in [0.1, 0.15) is 61.1 Å². The predicted molar refractivity (Wildman–Crippen MR) is 199 cm³/mol. The van der Waals surface area contributed by atoms with Crippen LogP contribution in [0.5, 0.6) is 23.0 Å². The molecule has 1 aliphatic carbocycles. The van der Waals surface area contributed by atoms with Gasteiger partial charge in [0, 0.05) is 18.1 Å². The van der Waals surface area contributed by atoms with E-state index >= 15 is 0 Å². The molecule has 1 fully saturated rings. The lowest BCUT2D eigenvalue weighted by Crippen LogP contribution is -2.52. The van der Waals surface area contributed by atoms with Gasteiger partial charge in [-0.25, -0.2) is 0 Å². The first kappa shape index (κ1) is 39.3. The second-order valence-corrected chi connectivity index (χ2v) is 13.5. The molecule has 0 spiro atoms. The zero-order chi connectivity index (χ0) is 37.0. The maximum absolute atomic E-state index is 12.9. The van der Waals surface area contributed by atoms with E-state index in [2.05, 4.69) is 16.0 Å². The minimum absolute atomic E-state index is 0.185. The molecular formula is C40H56N4O8. The van der Waals surface area contributed by atoms with E-state index in [0.717, 1.165) is 77.9 Å². The molecule has 0 aromatic heterocycles. The number of carbonyl (C=O) groups is 1. The first-order valence-electron chi connectivity index (χ1n) is 18.5. The highest BCUT2D eigenvalue weighted by Crippen LogP contribution is 2.70. The van der Waals surface area contributed by atoms with E-state index < -0.39 is 35.1 Å². The maximum atomic E-state index is 12.9. The minimum atomic E-state index is -2.20. The zero-order valence-corrected chi connectivity index (χ0v) is 30.4. The van der Waals surface area contributed by atoms with Crippen LogP contribution in [0.2, 0.25) is 0 Å². The van der Waals surface area contributed by atoms with Gasteiger partial charge in [-0.3, -0.25) is 4.79 Å². The lowest BCUT2D eigenvalue weighted by Gasteiger charge is -2.40. The molecule has 0 bridgehead atoms. The van der Waals surface area contributed by atoms with Crippen LogP contribution in [0.25, 0.3) is 0 Å². The molecule has 12 heteroatoms. The van der Waals surface area contributed by atoms with E-state index in [9.17, 15) is 20.1 Å². The standard InChI is InChI=1S/C40H56N4O8/c1-49-30-16-14-29(15-17-30)40-35(28-12-4-3-5-13-28)34(38(46)47)37(45)39(40,48)36-32(50-2)26-31(27-33(36)52-40)51-25-9-8-21-44-24-11-23-43-20-7-6-19-42-22-10-18-41/h3-5,12-17,26-27,34-35,37,42-45,48H,6-11,18-25,41H2,1-2H3,(H,46,47). The molecule has 2 aliphatic rings. The van der Waals surface area contributed by atoms with Gasteiger partial charge < -0.3 is 56.0 Å². The number of ether oxygens (including phenoxy) is 4. The molecule has 3 aromatic carbocycles. The molecule has 1 heterocycles. The molecule has 12 nitrogen and oxygen atoms in total. The third-order valence-electron chi connectivity index (χ3n) is 10.2. The molecule has 0 amide bonds. The number of fused-ring (bicyclic) bond motifs is 3. The molecule has 5 unspecified atom stereocenters. The third-order valence-corrected chi connectivity index (χ3v) is 10.2. The van der Waals surface area contributed by atoms with Crippen LogP contribution >= 0.6 is 0 Å². The smallest absolute Gasteiger partial charge is 0.310 e. The Morgan fingerprint density at radius 2 is 1.42 bits per heavy atom. The molecular weight excluding hydrogens is 664 g/mol. The molecule has 0 saturated heterocycles. The van der Waals surface area contributed by atoms with Gasteiger partial charge in [0.1, 0.15) is 29.1 Å². The number of aliphatic hydroxyl groups is 2. The van der Waals surface area contributed by atoms with Gasteiger partial charge >= 0.3 is 5.97 Å². The Bertz CT molecular complexity index is 1560. The van der Waals surface area contributed by atoms with E-state index in [1.165, 1.54) is 13.5 Å². The quantitative estimate of drug-likeness (QED) is 0.0712. The van der Waals surface area contributed by atoms with Crippen molar-refractivity contribution in [1.82, 2.24) is 16.0 Å². The van der Waals surface area contributed by atoms with Crippen molar-refractivity contribution in [2.75, 3.05) is 66.6 Å². The molecule has 8 N–H and O–H groups in total. The first-order valence-corrected chi connectivity index (χ1v) is 18.5. The number of nitrogens with one attached hydrogen (secondary N) is 3. The summed E-state index contributed by atoms with van der Waals surface area (Å²) in [5, 5.41) is 45.7. The largest absolute Gasteiger partial charge is 0.497 e. The summed E-state index contributed by atoms with van der Waals surface area (Å²) >= 11 is 0. The Balaban J connectivity index is 1.22. The van der Waals surface area contributed by atoms with Gasteiger partial charge in [-0.05, 0) is 108 Å². The number of rotatable bonds is 23. The van der Waals surface area contributed by atoms with Crippen molar-refractivity contribution in [2.45, 2.75) is 61.7 Å². The average Bonchev–Trinajstić information content (AvgIpc) is 3.54. The highest BCUT2D eigenvalue weighted by atomic mass is 16.5. The van der Waals surface area contributed by atoms with E-state index in [1.807, 2.05) is 6.07 Å². The molecule has 0 radical (unpaired) electrons. The van der Waals surface area contributed by atoms with Crippen LogP contribution in [-0.2, 0) is 16.0 Å². The van der Waals surface area contributed by atoms with Crippen molar-refractivity contribution in [3.05, 3.63) is 83.4 Å². The van der Waals surface area contributed by atoms with Gasteiger partial charge in [-0.15, -0.1) is 0 Å². The fraction of sp³-hybridized carbons (Fsp3) is 0.525. The van der Waals surface area contributed by atoms with Gasteiger partial charge in [0.05, 0.1) is 32.3 Å². The van der Waals surface area contributed by atoms with Crippen molar-refractivity contribution in [1.29, 1.82) is 0 Å². The molecule has 52 heavy (non-hydrogen) atoms. The van der Waals surface area contributed by atoms with E-state index in [4.69, 9.17) is 24.7 Å². The van der Waals surface area contributed by atoms with Crippen LogP contribution in [0.15, 0.2) is 66.7 Å². The van der Waals surface area contributed by atoms with Crippen molar-refractivity contribution in [3.8, 4) is 23.0 Å². The SMILES string of the molecule is COc1ccc(C23Oc4cc(OCCCCNCCCNCCCCNCCCN)cc(OC)c4C2(O)C(O)C(C(=O)O)C3c2ccccc2)cc1. The maximum Gasteiger partial charge on any atom is 0.310 e. The van der Waals surface area contributed by atoms with Crippen LogP contribution in [0.4, 0.5) is 0 Å².